The molecule has 0 bridgehead atoms. The summed E-state index contributed by atoms with van der Waals surface area (Å²) >= 11 is 0. The minimum atomic E-state index is -0.689. The Labute approximate surface area is 191 Å². The Morgan fingerprint density at radius 2 is 1.94 bits per heavy atom. The van der Waals surface area contributed by atoms with Crippen molar-refractivity contribution in [3.8, 4) is 11.6 Å². The van der Waals surface area contributed by atoms with Gasteiger partial charge in [-0.1, -0.05) is 30.3 Å². The van der Waals surface area contributed by atoms with Crippen LogP contribution < -0.4 is 4.74 Å². The van der Waals surface area contributed by atoms with Crippen LogP contribution in [0.4, 0.5) is 4.79 Å². The topological polar surface area (TPSA) is 84.9 Å². The number of hydrogen-bond acceptors (Lipinski definition) is 6. The van der Waals surface area contributed by atoms with Crippen LogP contribution in [0.3, 0.4) is 0 Å². The highest BCUT2D eigenvalue weighted by Gasteiger charge is 2.50. The summed E-state index contributed by atoms with van der Waals surface area (Å²) in [6.07, 6.45) is 3.43. The van der Waals surface area contributed by atoms with Gasteiger partial charge in [0.05, 0.1) is 19.3 Å². The van der Waals surface area contributed by atoms with Gasteiger partial charge in [-0.2, -0.15) is 0 Å². The summed E-state index contributed by atoms with van der Waals surface area (Å²) in [6.45, 7) is 3.66. The van der Waals surface area contributed by atoms with E-state index < -0.39 is 5.60 Å². The Morgan fingerprint density at radius 1 is 1.09 bits per heavy atom. The van der Waals surface area contributed by atoms with Gasteiger partial charge in [0.25, 0.3) is 5.91 Å². The van der Waals surface area contributed by atoms with Crippen molar-refractivity contribution in [2.45, 2.75) is 25.5 Å². The second-order valence-corrected chi connectivity index (χ2v) is 8.46. The average molecular weight is 444 g/mol. The quantitative estimate of drug-likeness (QED) is 0.595. The number of pyridine rings is 2. The number of benzene rings is 1. The molecule has 8 nitrogen and oxygen atoms in total. The lowest BCUT2D eigenvalue weighted by atomic mass is 10.0. The number of aromatic nitrogens is 2. The first kappa shape index (κ1) is 20.9. The molecule has 1 spiro atoms. The van der Waals surface area contributed by atoms with Crippen LogP contribution in [0.5, 0.6) is 11.6 Å². The van der Waals surface area contributed by atoms with Crippen molar-refractivity contribution in [3.63, 3.8) is 0 Å². The van der Waals surface area contributed by atoms with E-state index in [-0.39, 0.29) is 17.9 Å². The lowest BCUT2D eigenvalue weighted by Crippen LogP contribution is -2.39. The van der Waals surface area contributed by atoms with Crippen molar-refractivity contribution in [1.29, 1.82) is 0 Å². The van der Waals surface area contributed by atoms with E-state index in [1.54, 1.807) is 40.4 Å². The summed E-state index contributed by atoms with van der Waals surface area (Å²) in [5.41, 5.74) is 1.58. The number of nitrogens with zero attached hydrogens (tertiary/aromatic N) is 4. The van der Waals surface area contributed by atoms with E-state index in [9.17, 15) is 9.59 Å². The largest absolute Gasteiger partial charge is 0.439 e. The Hall–Kier alpha value is -3.94. The third-order valence-corrected chi connectivity index (χ3v) is 5.96. The smallest absolute Gasteiger partial charge is 0.410 e. The van der Waals surface area contributed by atoms with E-state index in [2.05, 4.69) is 9.97 Å². The summed E-state index contributed by atoms with van der Waals surface area (Å²) in [5, 5.41) is 0. The predicted octanol–water partition coefficient (Wildman–Crippen LogP) is 3.81. The SMILES string of the molecule is Cc1ccc(Oc2ncccc2C(=O)N2CC[C@@]3(CN(Cc4ccccc4)C(=O)O3)C2)cn1. The fourth-order valence-electron chi connectivity index (χ4n) is 4.28. The molecule has 0 aliphatic carbocycles. The maximum atomic E-state index is 13.3. The van der Waals surface area contributed by atoms with Crippen molar-refractivity contribution >= 4 is 12.0 Å². The molecule has 2 aliphatic rings. The van der Waals surface area contributed by atoms with Gasteiger partial charge in [-0.25, -0.2) is 9.78 Å². The molecule has 4 heterocycles. The number of aryl methyl sites for hydroxylation is 1. The van der Waals surface area contributed by atoms with Gasteiger partial charge in [-0.05, 0) is 36.8 Å². The van der Waals surface area contributed by atoms with Gasteiger partial charge in [-0.15, -0.1) is 0 Å². The molecule has 0 radical (unpaired) electrons. The summed E-state index contributed by atoms with van der Waals surface area (Å²) in [7, 11) is 0. The second kappa shape index (κ2) is 8.54. The highest BCUT2D eigenvalue weighted by atomic mass is 16.6. The molecule has 0 N–H and O–H groups in total. The van der Waals surface area contributed by atoms with E-state index in [4.69, 9.17) is 9.47 Å². The van der Waals surface area contributed by atoms with Gasteiger partial charge < -0.3 is 14.4 Å². The first-order valence-corrected chi connectivity index (χ1v) is 10.9. The second-order valence-electron chi connectivity index (χ2n) is 8.46. The van der Waals surface area contributed by atoms with Gasteiger partial charge >= 0.3 is 6.09 Å². The monoisotopic (exact) mass is 444 g/mol. The third-order valence-electron chi connectivity index (χ3n) is 5.96. The molecular formula is C25H24N4O4. The normalized spacial score (nSPS) is 19.7. The predicted molar refractivity (Wildman–Crippen MR) is 120 cm³/mol. The summed E-state index contributed by atoms with van der Waals surface area (Å²) in [6, 6.07) is 16.8. The van der Waals surface area contributed by atoms with Crippen LogP contribution >= 0.6 is 0 Å². The van der Waals surface area contributed by atoms with Gasteiger partial charge in [0.2, 0.25) is 5.88 Å². The highest BCUT2D eigenvalue weighted by Crippen LogP contribution is 2.35. The molecule has 168 valence electrons. The summed E-state index contributed by atoms with van der Waals surface area (Å²) < 4.78 is 11.6. The number of amides is 2. The fraction of sp³-hybridized carbons (Fsp3) is 0.280. The number of carbonyl (C=O) groups excluding carboxylic acids is 2. The average Bonchev–Trinajstić information content (AvgIpc) is 3.38. The Kier molecular flexibility index (Phi) is 5.42. The molecule has 2 amide bonds. The first-order chi connectivity index (χ1) is 16.0. The molecule has 0 saturated carbocycles. The summed E-state index contributed by atoms with van der Waals surface area (Å²) in [5.74, 6) is 0.531. The Balaban J connectivity index is 1.29. The van der Waals surface area contributed by atoms with E-state index in [1.807, 2.05) is 43.3 Å². The molecule has 8 heteroatoms. The van der Waals surface area contributed by atoms with Crippen LogP contribution in [0, 0.1) is 6.92 Å². The van der Waals surface area contributed by atoms with Crippen molar-refractivity contribution < 1.29 is 19.1 Å². The molecule has 1 aromatic carbocycles. The van der Waals surface area contributed by atoms with E-state index >= 15 is 0 Å². The van der Waals surface area contributed by atoms with Gasteiger partial charge in [0.15, 0.2) is 5.60 Å². The molecule has 33 heavy (non-hydrogen) atoms. The zero-order chi connectivity index (χ0) is 22.8. The van der Waals surface area contributed by atoms with E-state index in [1.165, 1.54) is 0 Å². The standard InChI is InChI=1S/C25H24N4O4/c1-18-9-10-20(14-27-18)32-22-21(8-5-12-26-22)23(30)28-13-11-25(16-28)17-29(24(31)33-25)15-19-6-3-2-4-7-19/h2-10,12,14H,11,13,15-17H2,1H3/t25-/m0/s1. The molecule has 2 aromatic heterocycles. The summed E-state index contributed by atoms with van der Waals surface area (Å²) in [4.78, 5) is 37.8. The lowest BCUT2D eigenvalue weighted by molar-refractivity contribution is 0.0551. The van der Waals surface area contributed by atoms with Crippen molar-refractivity contribution in [2.75, 3.05) is 19.6 Å². The van der Waals surface area contributed by atoms with Crippen LogP contribution in [-0.2, 0) is 11.3 Å². The zero-order valence-corrected chi connectivity index (χ0v) is 18.3. The molecular weight excluding hydrogens is 420 g/mol. The first-order valence-electron chi connectivity index (χ1n) is 10.9. The van der Waals surface area contributed by atoms with E-state index in [0.29, 0.717) is 43.9 Å². The number of rotatable bonds is 5. The number of carbonyl (C=O) groups is 2. The lowest BCUT2D eigenvalue weighted by Gasteiger charge is -2.22. The minimum absolute atomic E-state index is 0.201. The fourth-order valence-corrected chi connectivity index (χ4v) is 4.28. The molecule has 5 rings (SSSR count). The molecule has 1 atom stereocenters. The highest BCUT2D eigenvalue weighted by molar-refractivity contribution is 5.96. The van der Waals surface area contributed by atoms with Crippen LogP contribution in [0.2, 0.25) is 0 Å². The van der Waals surface area contributed by atoms with Crippen LogP contribution in [0.25, 0.3) is 0 Å². The molecule has 2 fully saturated rings. The zero-order valence-electron chi connectivity index (χ0n) is 18.3. The molecule has 2 aliphatic heterocycles. The van der Waals surface area contributed by atoms with Gasteiger partial charge in [0, 0.05) is 31.4 Å². The minimum Gasteiger partial charge on any atom is -0.439 e. The van der Waals surface area contributed by atoms with Crippen LogP contribution in [-0.4, -0.2) is 57.0 Å². The third kappa shape index (κ3) is 4.37. The van der Waals surface area contributed by atoms with Crippen molar-refractivity contribution in [1.82, 2.24) is 19.8 Å². The maximum Gasteiger partial charge on any atom is 0.410 e. The van der Waals surface area contributed by atoms with Crippen LogP contribution in [0.15, 0.2) is 67.0 Å². The number of ether oxygens (including phenoxy) is 2. The van der Waals surface area contributed by atoms with Crippen molar-refractivity contribution in [2.24, 2.45) is 0 Å². The van der Waals surface area contributed by atoms with E-state index in [0.717, 1.165) is 11.3 Å². The van der Waals surface area contributed by atoms with Gasteiger partial charge in [0.1, 0.15) is 11.3 Å². The number of likely N-dealkylation sites (tertiary alicyclic amines) is 1. The van der Waals surface area contributed by atoms with Crippen molar-refractivity contribution in [3.05, 3.63) is 83.8 Å². The maximum absolute atomic E-state index is 13.3. The Morgan fingerprint density at radius 3 is 2.73 bits per heavy atom. The van der Waals surface area contributed by atoms with Gasteiger partial charge in [-0.3, -0.25) is 14.7 Å². The molecule has 3 aromatic rings. The number of hydrogen-bond donors (Lipinski definition) is 0. The molecule has 2 saturated heterocycles. The van der Waals surface area contributed by atoms with Crippen LogP contribution in [0.1, 0.15) is 28.0 Å². The Bertz CT molecular complexity index is 1170. The molecule has 0 unspecified atom stereocenters.